The summed E-state index contributed by atoms with van der Waals surface area (Å²) >= 11 is 5.60. The molecule has 2 heterocycles. The van der Waals surface area contributed by atoms with Crippen LogP contribution in [0.3, 0.4) is 0 Å². The van der Waals surface area contributed by atoms with Gasteiger partial charge in [-0.15, -0.1) is 0 Å². The summed E-state index contributed by atoms with van der Waals surface area (Å²) in [6, 6.07) is 11.3. The van der Waals surface area contributed by atoms with Crippen LogP contribution in [0.2, 0.25) is 5.02 Å². The van der Waals surface area contributed by atoms with Crippen LogP contribution in [0.25, 0.3) is 11.3 Å². The molecule has 0 fully saturated rings. The number of carbonyl (C=O) groups excluding carboxylic acids is 1. The van der Waals surface area contributed by atoms with Crippen molar-refractivity contribution in [2.24, 2.45) is 0 Å². The van der Waals surface area contributed by atoms with Crippen molar-refractivity contribution in [3.63, 3.8) is 0 Å². The van der Waals surface area contributed by atoms with E-state index in [1.165, 1.54) is 6.33 Å². The largest absolute Gasteiger partial charge is 0.416 e. The summed E-state index contributed by atoms with van der Waals surface area (Å²) < 4.78 is 53.7. The molecule has 2 aromatic carbocycles. The number of anilines is 1. The lowest BCUT2D eigenvalue weighted by Gasteiger charge is -2.14. The van der Waals surface area contributed by atoms with Gasteiger partial charge in [-0.2, -0.15) is 13.2 Å². The number of hydrogen-bond donors (Lipinski definition) is 1. The molecule has 0 aliphatic heterocycles. The zero-order valence-electron chi connectivity index (χ0n) is 18.2. The van der Waals surface area contributed by atoms with Gasteiger partial charge in [-0.3, -0.25) is 9.78 Å². The third-order valence-corrected chi connectivity index (χ3v) is 5.59. The molecule has 0 aliphatic rings. The van der Waals surface area contributed by atoms with Crippen molar-refractivity contribution in [1.29, 1.82) is 0 Å². The fourth-order valence-corrected chi connectivity index (χ4v) is 3.72. The number of aromatic nitrogens is 3. The summed E-state index contributed by atoms with van der Waals surface area (Å²) in [5.74, 6) is -2.28. The molecule has 10 heteroatoms. The quantitative estimate of drug-likeness (QED) is 0.318. The lowest BCUT2D eigenvalue weighted by Crippen LogP contribution is -2.16. The fraction of sp³-hybridized carbons (Fsp3) is 0.120. The van der Waals surface area contributed by atoms with Crippen molar-refractivity contribution in [3.8, 4) is 11.3 Å². The van der Waals surface area contributed by atoms with Gasteiger partial charge in [0, 0.05) is 30.1 Å². The Labute approximate surface area is 202 Å². The molecule has 2 aromatic heterocycles. The van der Waals surface area contributed by atoms with Gasteiger partial charge in [0.05, 0.1) is 27.5 Å². The zero-order valence-corrected chi connectivity index (χ0v) is 19.0. The Morgan fingerprint density at radius 3 is 2.57 bits per heavy atom. The molecular formula is C25H17ClF4N4O. The van der Waals surface area contributed by atoms with Gasteiger partial charge in [0.25, 0.3) is 5.91 Å². The molecule has 0 unspecified atom stereocenters. The number of amides is 1. The number of alkyl halides is 3. The molecule has 4 rings (SSSR count). The zero-order chi connectivity index (χ0) is 25.2. The molecule has 35 heavy (non-hydrogen) atoms. The van der Waals surface area contributed by atoms with Gasteiger partial charge in [-0.25, -0.2) is 14.4 Å². The minimum absolute atomic E-state index is 0.281. The molecule has 0 saturated heterocycles. The number of rotatable bonds is 5. The van der Waals surface area contributed by atoms with Gasteiger partial charge in [0.1, 0.15) is 6.33 Å². The Balaban J connectivity index is 1.63. The molecule has 0 aliphatic carbocycles. The SMILES string of the molecule is Cc1ccc(NC(=O)c2cc(C(F)(F)F)cc(Cl)c2F)cc1Cc1ncccc1-c1ccncn1. The third kappa shape index (κ3) is 5.46. The Morgan fingerprint density at radius 1 is 1.06 bits per heavy atom. The smallest absolute Gasteiger partial charge is 0.322 e. The number of aryl methyl sites for hydroxylation is 1. The van der Waals surface area contributed by atoms with E-state index in [1.807, 2.05) is 13.0 Å². The molecule has 0 atom stereocenters. The van der Waals surface area contributed by atoms with Crippen molar-refractivity contribution in [2.45, 2.75) is 19.5 Å². The Kier molecular flexibility index (Phi) is 6.79. The summed E-state index contributed by atoms with van der Waals surface area (Å²) in [7, 11) is 0. The second-order valence-corrected chi connectivity index (χ2v) is 8.09. The number of nitrogens with one attached hydrogen (secondary N) is 1. The van der Waals surface area contributed by atoms with E-state index in [0.29, 0.717) is 24.2 Å². The lowest BCUT2D eigenvalue weighted by molar-refractivity contribution is -0.137. The first-order valence-electron chi connectivity index (χ1n) is 10.3. The van der Waals surface area contributed by atoms with Gasteiger partial charge in [-0.1, -0.05) is 17.7 Å². The van der Waals surface area contributed by atoms with Crippen LogP contribution in [-0.4, -0.2) is 20.9 Å². The molecule has 0 bridgehead atoms. The second kappa shape index (κ2) is 9.79. The summed E-state index contributed by atoms with van der Waals surface area (Å²) in [5, 5.41) is 1.67. The van der Waals surface area contributed by atoms with Gasteiger partial charge >= 0.3 is 6.18 Å². The van der Waals surface area contributed by atoms with E-state index in [9.17, 15) is 22.4 Å². The minimum atomic E-state index is -4.78. The van der Waals surface area contributed by atoms with Crippen LogP contribution < -0.4 is 5.32 Å². The highest BCUT2D eigenvalue weighted by atomic mass is 35.5. The Bertz CT molecular complexity index is 1390. The summed E-state index contributed by atoms with van der Waals surface area (Å²) in [6.45, 7) is 1.88. The van der Waals surface area contributed by atoms with Crippen molar-refractivity contribution in [2.75, 3.05) is 5.32 Å². The first kappa shape index (κ1) is 24.3. The normalized spacial score (nSPS) is 11.4. The third-order valence-electron chi connectivity index (χ3n) is 5.31. The summed E-state index contributed by atoms with van der Waals surface area (Å²) in [6.07, 6.45) is 0.320. The van der Waals surface area contributed by atoms with Crippen molar-refractivity contribution in [3.05, 3.63) is 106 Å². The van der Waals surface area contributed by atoms with E-state index in [-0.39, 0.29) is 5.69 Å². The standard InChI is InChI=1S/C25H17ClF4N4O/c1-14-4-5-17(34-24(35)19-11-16(25(28,29)30)12-20(26)23(19)27)9-15(14)10-22-18(3-2-7-32-22)21-6-8-31-13-33-21/h2-9,11-13H,10H2,1H3,(H,34,35). The van der Waals surface area contributed by atoms with Gasteiger partial charge < -0.3 is 5.32 Å². The number of nitrogens with zero attached hydrogens (tertiary/aromatic N) is 3. The first-order chi connectivity index (χ1) is 16.6. The van der Waals surface area contributed by atoms with Crippen LogP contribution >= 0.6 is 11.6 Å². The van der Waals surface area contributed by atoms with Crippen LogP contribution in [0.4, 0.5) is 23.2 Å². The highest BCUT2D eigenvalue weighted by Gasteiger charge is 2.33. The molecule has 0 saturated carbocycles. The molecule has 1 N–H and O–H groups in total. The van der Waals surface area contributed by atoms with Crippen molar-refractivity contribution < 1.29 is 22.4 Å². The molecule has 178 valence electrons. The fourth-order valence-electron chi connectivity index (χ4n) is 3.50. The average molecular weight is 501 g/mol. The predicted octanol–water partition coefficient (Wildman–Crippen LogP) is 6.50. The topological polar surface area (TPSA) is 67.8 Å². The van der Waals surface area contributed by atoms with Crippen LogP contribution in [0.15, 0.2) is 67.3 Å². The summed E-state index contributed by atoms with van der Waals surface area (Å²) in [4.78, 5) is 25.3. The molecule has 5 nitrogen and oxygen atoms in total. The van der Waals surface area contributed by atoms with Crippen LogP contribution in [0.1, 0.15) is 32.7 Å². The highest BCUT2D eigenvalue weighted by molar-refractivity contribution is 6.31. The van der Waals surface area contributed by atoms with E-state index in [2.05, 4.69) is 20.3 Å². The maximum Gasteiger partial charge on any atom is 0.416 e. The lowest BCUT2D eigenvalue weighted by atomic mass is 9.99. The first-order valence-corrected chi connectivity index (χ1v) is 10.7. The van der Waals surface area contributed by atoms with Gasteiger partial charge in [0.2, 0.25) is 0 Å². The van der Waals surface area contributed by atoms with Gasteiger partial charge in [0.15, 0.2) is 5.82 Å². The predicted molar refractivity (Wildman–Crippen MR) is 124 cm³/mol. The maximum absolute atomic E-state index is 14.4. The Hall–Kier alpha value is -3.85. The van der Waals surface area contributed by atoms with Gasteiger partial charge in [-0.05, 0) is 60.5 Å². The molecule has 1 amide bonds. The van der Waals surface area contributed by atoms with Crippen LogP contribution in [-0.2, 0) is 12.6 Å². The number of carbonyl (C=O) groups is 1. The molecular weight excluding hydrogens is 484 g/mol. The number of pyridine rings is 1. The van der Waals surface area contributed by atoms with E-state index in [0.717, 1.165) is 22.4 Å². The molecule has 0 radical (unpaired) electrons. The van der Waals surface area contributed by atoms with E-state index < -0.39 is 34.1 Å². The van der Waals surface area contributed by atoms with Crippen molar-refractivity contribution >= 4 is 23.2 Å². The average Bonchev–Trinajstić information content (AvgIpc) is 2.83. The number of hydrogen-bond acceptors (Lipinski definition) is 4. The van der Waals surface area contributed by atoms with Crippen LogP contribution in [0.5, 0.6) is 0 Å². The molecule has 0 spiro atoms. The second-order valence-electron chi connectivity index (χ2n) is 7.68. The maximum atomic E-state index is 14.4. The number of halogens is 5. The van der Waals surface area contributed by atoms with E-state index in [1.54, 1.807) is 42.7 Å². The van der Waals surface area contributed by atoms with E-state index in [4.69, 9.17) is 11.6 Å². The molecule has 4 aromatic rings. The minimum Gasteiger partial charge on any atom is -0.322 e. The van der Waals surface area contributed by atoms with Crippen LogP contribution in [0, 0.1) is 12.7 Å². The highest BCUT2D eigenvalue weighted by Crippen LogP contribution is 2.34. The monoisotopic (exact) mass is 500 g/mol. The summed E-state index contributed by atoms with van der Waals surface area (Å²) in [5.41, 5.74) is 2.20. The number of benzene rings is 2. The Morgan fingerprint density at radius 2 is 1.86 bits per heavy atom. The van der Waals surface area contributed by atoms with E-state index >= 15 is 0 Å². The van der Waals surface area contributed by atoms with Crippen molar-refractivity contribution in [1.82, 2.24) is 15.0 Å².